The molecule has 0 aliphatic rings. The number of hydrogen-bond acceptors (Lipinski definition) is 5. The van der Waals surface area contributed by atoms with Crippen LogP contribution in [0.1, 0.15) is 30.8 Å². The molecular formula is C15H23N7O2. The number of nitrogens with zero attached hydrogens (tertiary/aromatic N) is 6. The van der Waals surface area contributed by atoms with Crippen LogP contribution in [0.5, 0.6) is 0 Å². The molecule has 0 aliphatic carbocycles. The van der Waals surface area contributed by atoms with Crippen molar-refractivity contribution in [3.05, 3.63) is 30.4 Å². The lowest BCUT2D eigenvalue weighted by molar-refractivity contribution is -0.131. The molecule has 0 aromatic carbocycles. The van der Waals surface area contributed by atoms with Gasteiger partial charge in [-0.05, 0) is 26.3 Å². The van der Waals surface area contributed by atoms with Gasteiger partial charge in [-0.25, -0.2) is 4.68 Å². The van der Waals surface area contributed by atoms with E-state index in [1.807, 2.05) is 26.1 Å². The van der Waals surface area contributed by atoms with Gasteiger partial charge in [-0.2, -0.15) is 5.10 Å². The first-order chi connectivity index (χ1) is 11.6. The molecule has 0 fully saturated rings. The van der Waals surface area contributed by atoms with Crippen LogP contribution in [-0.4, -0.2) is 61.1 Å². The molecule has 0 unspecified atom stereocenters. The third-order valence-corrected chi connectivity index (χ3v) is 3.59. The first kappa shape index (κ1) is 17.6. The molecule has 1 N–H and O–H groups in total. The summed E-state index contributed by atoms with van der Waals surface area (Å²) in [6.45, 7) is 6.47. The van der Waals surface area contributed by atoms with Gasteiger partial charge in [0.15, 0.2) is 5.69 Å². The van der Waals surface area contributed by atoms with Crippen molar-refractivity contribution in [2.24, 2.45) is 0 Å². The van der Waals surface area contributed by atoms with Crippen LogP contribution in [0.25, 0.3) is 0 Å². The molecule has 9 heteroatoms. The molecule has 0 saturated carbocycles. The Bertz CT molecular complexity index is 647. The molecule has 9 nitrogen and oxygen atoms in total. The van der Waals surface area contributed by atoms with E-state index in [1.165, 1.54) is 10.9 Å². The van der Waals surface area contributed by atoms with Crippen LogP contribution in [0.15, 0.2) is 24.7 Å². The highest BCUT2D eigenvalue weighted by molar-refractivity contribution is 5.91. The summed E-state index contributed by atoms with van der Waals surface area (Å²) in [6, 6.07) is 1.86. The molecule has 24 heavy (non-hydrogen) atoms. The summed E-state index contributed by atoms with van der Waals surface area (Å²) in [6.07, 6.45) is 5.85. The summed E-state index contributed by atoms with van der Waals surface area (Å²) >= 11 is 0. The quantitative estimate of drug-likeness (QED) is 0.659. The number of aryl methyl sites for hydroxylation is 1. The topological polar surface area (TPSA) is 97.9 Å². The lowest BCUT2D eigenvalue weighted by Gasteiger charge is -2.17. The Hall–Kier alpha value is -2.71. The Balaban J connectivity index is 1.77. The Labute approximate surface area is 140 Å². The summed E-state index contributed by atoms with van der Waals surface area (Å²) in [5.74, 6) is -0.340. The van der Waals surface area contributed by atoms with Crippen LogP contribution in [0.3, 0.4) is 0 Å². The molecule has 0 aliphatic heterocycles. The van der Waals surface area contributed by atoms with Crippen LogP contribution in [0, 0.1) is 0 Å². The first-order valence-electron chi connectivity index (χ1n) is 8.07. The smallest absolute Gasteiger partial charge is 0.273 e. The average molecular weight is 333 g/mol. The Morgan fingerprint density at radius 2 is 2.04 bits per heavy atom. The highest BCUT2D eigenvalue weighted by atomic mass is 16.2. The van der Waals surface area contributed by atoms with Crippen LogP contribution in [0.2, 0.25) is 0 Å². The third-order valence-electron chi connectivity index (χ3n) is 3.59. The predicted molar refractivity (Wildman–Crippen MR) is 87.1 cm³/mol. The monoisotopic (exact) mass is 333 g/mol. The normalized spacial score (nSPS) is 10.6. The van der Waals surface area contributed by atoms with E-state index >= 15 is 0 Å². The molecule has 2 aromatic heterocycles. The summed E-state index contributed by atoms with van der Waals surface area (Å²) < 4.78 is 3.20. The molecule has 0 atom stereocenters. The minimum absolute atomic E-state index is 0.0453. The maximum absolute atomic E-state index is 12.0. The van der Waals surface area contributed by atoms with Crippen molar-refractivity contribution in [1.82, 2.24) is 35.0 Å². The van der Waals surface area contributed by atoms with Gasteiger partial charge >= 0.3 is 0 Å². The molecule has 0 radical (unpaired) electrons. The molecule has 0 bridgehead atoms. The summed E-state index contributed by atoms with van der Waals surface area (Å²) in [4.78, 5) is 25.7. The van der Waals surface area contributed by atoms with Crippen molar-refractivity contribution in [2.75, 3.05) is 19.6 Å². The zero-order chi connectivity index (χ0) is 17.4. The van der Waals surface area contributed by atoms with E-state index in [1.54, 1.807) is 15.8 Å². The number of nitrogens with one attached hydrogen (secondary N) is 1. The van der Waals surface area contributed by atoms with Gasteiger partial charge < -0.3 is 10.2 Å². The van der Waals surface area contributed by atoms with Gasteiger partial charge in [0.05, 0.1) is 6.20 Å². The maximum atomic E-state index is 12.0. The van der Waals surface area contributed by atoms with Crippen molar-refractivity contribution < 1.29 is 9.59 Å². The number of hydrogen-bond donors (Lipinski definition) is 1. The van der Waals surface area contributed by atoms with E-state index in [-0.39, 0.29) is 24.1 Å². The number of amides is 2. The van der Waals surface area contributed by atoms with E-state index in [4.69, 9.17) is 0 Å². The fourth-order valence-electron chi connectivity index (χ4n) is 2.26. The zero-order valence-electron chi connectivity index (χ0n) is 14.1. The van der Waals surface area contributed by atoms with Crippen molar-refractivity contribution in [1.29, 1.82) is 0 Å². The predicted octanol–water partition coefficient (Wildman–Crippen LogP) is 0.163. The summed E-state index contributed by atoms with van der Waals surface area (Å²) in [7, 11) is 0. The highest BCUT2D eigenvalue weighted by Gasteiger charge is 2.14. The molecule has 2 rings (SSSR count). The van der Waals surface area contributed by atoms with E-state index in [2.05, 4.69) is 20.7 Å². The molecule has 2 aromatic rings. The second kappa shape index (κ2) is 8.80. The molecule has 2 heterocycles. The SMILES string of the molecule is CCN(CC)C(=O)Cn1cc(C(=O)NCCCn2cccn2)nn1. The van der Waals surface area contributed by atoms with Gasteiger partial charge in [-0.1, -0.05) is 5.21 Å². The maximum Gasteiger partial charge on any atom is 0.273 e. The van der Waals surface area contributed by atoms with Crippen LogP contribution in [0.4, 0.5) is 0 Å². The number of likely N-dealkylation sites (N-methyl/N-ethyl adjacent to an activating group) is 1. The first-order valence-corrected chi connectivity index (χ1v) is 8.07. The second-order valence-corrected chi connectivity index (χ2v) is 5.25. The minimum atomic E-state index is -0.294. The Kier molecular flexibility index (Phi) is 6.47. The van der Waals surface area contributed by atoms with Crippen molar-refractivity contribution in [2.45, 2.75) is 33.4 Å². The van der Waals surface area contributed by atoms with Crippen molar-refractivity contribution >= 4 is 11.8 Å². The molecule has 0 saturated heterocycles. The van der Waals surface area contributed by atoms with Crippen LogP contribution >= 0.6 is 0 Å². The summed E-state index contributed by atoms with van der Waals surface area (Å²) in [5.41, 5.74) is 0.210. The van der Waals surface area contributed by atoms with Gasteiger partial charge in [0, 0.05) is 38.6 Å². The van der Waals surface area contributed by atoms with E-state index in [0.717, 1.165) is 13.0 Å². The van der Waals surface area contributed by atoms with Gasteiger partial charge in [0.25, 0.3) is 5.91 Å². The lowest BCUT2D eigenvalue weighted by Crippen LogP contribution is -2.33. The van der Waals surface area contributed by atoms with Crippen molar-refractivity contribution in [3.8, 4) is 0 Å². The minimum Gasteiger partial charge on any atom is -0.351 e. The van der Waals surface area contributed by atoms with Crippen LogP contribution < -0.4 is 5.32 Å². The summed E-state index contributed by atoms with van der Waals surface area (Å²) in [5, 5.41) is 14.5. The fourth-order valence-corrected chi connectivity index (χ4v) is 2.26. The standard InChI is InChI=1S/C15H23N7O2/c1-3-20(4-2)14(23)12-22-11-13(18-19-22)15(24)16-7-5-9-21-10-6-8-17-21/h6,8,10-11H,3-5,7,9,12H2,1-2H3,(H,16,24). The van der Waals surface area contributed by atoms with Crippen molar-refractivity contribution in [3.63, 3.8) is 0 Å². The Morgan fingerprint density at radius 3 is 2.71 bits per heavy atom. The second-order valence-electron chi connectivity index (χ2n) is 5.25. The molecule has 130 valence electrons. The van der Waals surface area contributed by atoms with Crippen LogP contribution in [-0.2, 0) is 17.9 Å². The average Bonchev–Trinajstić information content (AvgIpc) is 3.24. The van der Waals surface area contributed by atoms with Gasteiger partial charge in [-0.3, -0.25) is 14.3 Å². The molecular weight excluding hydrogens is 310 g/mol. The number of carbonyl (C=O) groups excluding carboxylic acids is 2. The van der Waals surface area contributed by atoms with E-state index in [0.29, 0.717) is 19.6 Å². The third kappa shape index (κ3) is 4.90. The van der Waals surface area contributed by atoms with Gasteiger partial charge in [0.2, 0.25) is 5.91 Å². The molecule has 0 spiro atoms. The molecule has 2 amide bonds. The zero-order valence-corrected chi connectivity index (χ0v) is 14.1. The van der Waals surface area contributed by atoms with E-state index in [9.17, 15) is 9.59 Å². The number of carbonyl (C=O) groups is 2. The number of rotatable bonds is 9. The largest absolute Gasteiger partial charge is 0.351 e. The highest BCUT2D eigenvalue weighted by Crippen LogP contribution is 1.97. The van der Waals surface area contributed by atoms with E-state index < -0.39 is 0 Å². The van der Waals surface area contributed by atoms with Gasteiger partial charge in [0.1, 0.15) is 6.54 Å². The van der Waals surface area contributed by atoms with Gasteiger partial charge in [-0.15, -0.1) is 5.10 Å². The lowest BCUT2D eigenvalue weighted by atomic mass is 10.4. The Morgan fingerprint density at radius 1 is 1.25 bits per heavy atom. The fraction of sp³-hybridized carbons (Fsp3) is 0.533. The number of aromatic nitrogens is 5.